The molecule has 0 saturated heterocycles. The maximum absolute atomic E-state index is 5.33. The van der Waals surface area contributed by atoms with E-state index in [9.17, 15) is 0 Å². The van der Waals surface area contributed by atoms with E-state index in [-0.39, 0.29) is 0 Å². The fraction of sp³-hybridized carbons (Fsp3) is 0.360. The summed E-state index contributed by atoms with van der Waals surface area (Å²) < 4.78 is 8.49. The summed E-state index contributed by atoms with van der Waals surface area (Å²) in [5, 5.41) is 0. The normalized spacial score (nSPS) is 10.9. The number of aryl methyl sites for hydroxylation is 1. The quantitative estimate of drug-likeness (QED) is 0.251. The number of hydrogen-bond donors (Lipinski definition) is 0. The SMILES string of the molecule is CCCCCCCCc1cc(-c2ccccc2)c(-c2ccc(OC)cc2)[se]1. The Morgan fingerprint density at radius 3 is 2.19 bits per heavy atom. The molecule has 0 aliphatic rings. The molecule has 1 nitrogen and oxygen atoms in total. The Labute approximate surface area is 170 Å². The van der Waals surface area contributed by atoms with Gasteiger partial charge in [-0.2, -0.15) is 0 Å². The molecule has 1 heterocycles. The van der Waals surface area contributed by atoms with Gasteiger partial charge in [-0.15, -0.1) is 0 Å². The van der Waals surface area contributed by atoms with Gasteiger partial charge in [-0.3, -0.25) is 0 Å². The van der Waals surface area contributed by atoms with Crippen LogP contribution in [0.3, 0.4) is 0 Å². The molecule has 2 aromatic carbocycles. The van der Waals surface area contributed by atoms with Crippen LogP contribution in [-0.2, 0) is 6.42 Å². The molecule has 0 spiro atoms. The van der Waals surface area contributed by atoms with Crippen molar-refractivity contribution in [3.05, 3.63) is 65.1 Å². The molecule has 0 radical (unpaired) electrons. The van der Waals surface area contributed by atoms with Gasteiger partial charge < -0.3 is 0 Å². The Morgan fingerprint density at radius 2 is 1.48 bits per heavy atom. The summed E-state index contributed by atoms with van der Waals surface area (Å²) in [6.07, 6.45) is 9.44. The first kappa shape index (κ1) is 20.0. The van der Waals surface area contributed by atoms with Gasteiger partial charge in [-0.1, -0.05) is 0 Å². The zero-order valence-electron chi connectivity index (χ0n) is 16.5. The molecular formula is C25H30OSe. The van der Waals surface area contributed by atoms with Crippen LogP contribution < -0.4 is 4.74 Å². The van der Waals surface area contributed by atoms with Gasteiger partial charge >= 0.3 is 170 Å². The molecule has 1 aromatic heterocycles. The third-order valence-corrected chi connectivity index (χ3v) is 7.61. The Hall–Kier alpha value is -1.76. The molecule has 0 aliphatic heterocycles. The average Bonchev–Trinajstić information content (AvgIpc) is 3.15. The van der Waals surface area contributed by atoms with E-state index in [1.165, 1.54) is 66.1 Å². The molecular weight excluding hydrogens is 395 g/mol. The molecule has 0 aliphatic carbocycles. The molecule has 0 bridgehead atoms. The Morgan fingerprint density at radius 1 is 0.778 bits per heavy atom. The Bertz CT molecular complexity index is 802. The summed E-state index contributed by atoms with van der Waals surface area (Å²) >= 11 is 0.420. The maximum atomic E-state index is 5.33. The van der Waals surface area contributed by atoms with Gasteiger partial charge in [-0.25, -0.2) is 0 Å². The zero-order valence-corrected chi connectivity index (χ0v) is 18.3. The van der Waals surface area contributed by atoms with Crippen molar-refractivity contribution in [1.29, 1.82) is 0 Å². The molecule has 142 valence electrons. The van der Waals surface area contributed by atoms with Crippen LogP contribution in [-0.4, -0.2) is 21.6 Å². The molecule has 0 unspecified atom stereocenters. The van der Waals surface area contributed by atoms with E-state index in [0.29, 0.717) is 14.5 Å². The van der Waals surface area contributed by atoms with Gasteiger partial charge in [-0.05, 0) is 0 Å². The van der Waals surface area contributed by atoms with Gasteiger partial charge in [0.05, 0.1) is 0 Å². The summed E-state index contributed by atoms with van der Waals surface area (Å²) in [7, 11) is 1.73. The fourth-order valence-electron chi connectivity index (χ4n) is 3.43. The molecule has 3 rings (SSSR count). The van der Waals surface area contributed by atoms with Crippen molar-refractivity contribution in [2.75, 3.05) is 7.11 Å². The number of hydrogen-bond acceptors (Lipinski definition) is 1. The predicted octanol–water partition coefficient (Wildman–Crippen LogP) is 6.99. The molecule has 0 amide bonds. The molecule has 0 fully saturated rings. The summed E-state index contributed by atoms with van der Waals surface area (Å²) in [4.78, 5) is 0. The van der Waals surface area contributed by atoms with Crippen LogP contribution in [0.5, 0.6) is 5.75 Å². The second-order valence-electron chi connectivity index (χ2n) is 7.07. The van der Waals surface area contributed by atoms with Crippen LogP contribution in [0.15, 0.2) is 60.7 Å². The monoisotopic (exact) mass is 426 g/mol. The fourth-order valence-corrected chi connectivity index (χ4v) is 6.01. The first-order valence-electron chi connectivity index (χ1n) is 10.1. The topological polar surface area (TPSA) is 9.23 Å². The molecule has 27 heavy (non-hydrogen) atoms. The minimum atomic E-state index is 0.420. The third-order valence-electron chi connectivity index (χ3n) is 5.00. The van der Waals surface area contributed by atoms with Crippen molar-refractivity contribution in [1.82, 2.24) is 0 Å². The van der Waals surface area contributed by atoms with Gasteiger partial charge in [0.25, 0.3) is 0 Å². The van der Waals surface area contributed by atoms with Crippen molar-refractivity contribution >= 4 is 14.5 Å². The van der Waals surface area contributed by atoms with Crippen LogP contribution >= 0.6 is 0 Å². The van der Waals surface area contributed by atoms with Crippen molar-refractivity contribution in [2.24, 2.45) is 0 Å². The first-order chi connectivity index (χ1) is 13.3. The Balaban J connectivity index is 1.79. The standard InChI is InChI=1S/C25H30OSe/c1-3-4-5-6-7-11-14-23-19-24(20-12-9-8-10-13-20)25(27-23)21-15-17-22(26-2)18-16-21/h8-10,12-13,15-19H,3-7,11,14H2,1-2H3. The molecule has 0 atom stereocenters. The van der Waals surface area contributed by atoms with E-state index in [4.69, 9.17) is 4.74 Å². The minimum absolute atomic E-state index is 0.420. The van der Waals surface area contributed by atoms with Crippen LogP contribution in [0.4, 0.5) is 0 Å². The van der Waals surface area contributed by atoms with Crippen LogP contribution in [0, 0.1) is 0 Å². The number of rotatable bonds is 10. The number of ether oxygens (including phenoxy) is 1. The van der Waals surface area contributed by atoms with Crippen molar-refractivity contribution < 1.29 is 4.74 Å². The molecule has 2 heteroatoms. The van der Waals surface area contributed by atoms with E-state index in [0.717, 1.165) is 5.75 Å². The van der Waals surface area contributed by atoms with Crippen molar-refractivity contribution in [3.8, 4) is 26.9 Å². The predicted molar refractivity (Wildman–Crippen MR) is 118 cm³/mol. The van der Waals surface area contributed by atoms with Crippen LogP contribution in [0.1, 0.15) is 49.9 Å². The average molecular weight is 425 g/mol. The Kier molecular flexibility index (Phi) is 7.80. The van der Waals surface area contributed by atoms with E-state index in [2.05, 4.69) is 67.6 Å². The van der Waals surface area contributed by atoms with Gasteiger partial charge in [0.15, 0.2) is 0 Å². The molecule has 0 N–H and O–H groups in total. The first-order valence-corrected chi connectivity index (χ1v) is 11.9. The zero-order chi connectivity index (χ0) is 18.9. The molecule has 0 saturated carbocycles. The van der Waals surface area contributed by atoms with E-state index < -0.39 is 0 Å². The summed E-state index contributed by atoms with van der Waals surface area (Å²) in [5.74, 6) is 0.923. The second kappa shape index (κ2) is 10.5. The van der Waals surface area contributed by atoms with Crippen LogP contribution in [0.25, 0.3) is 21.1 Å². The summed E-state index contributed by atoms with van der Waals surface area (Å²) in [6, 6.07) is 21.9. The molecule has 3 aromatic rings. The second-order valence-corrected chi connectivity index (χ2v) is 9.45. The van der Waals surface area contributed by atoms with Gasteiger partial charge in [0.1, 0.15) is 0 Å². The van der Waals surface area contributed by atoms with Gasteiger partial charge in [0.2, 0.25) is 0 Å². The van der Waals surface area contributed by atoms with Crippen molar-refractivity contribution in [3.63, 3.8) is 0 Å². The third kappa shape index (κ3) is 5.61. The summed E-state index contributed by atoms with van der Waals surface area (Å²) in [6.45, 7) is 2.28. The summed E-state index contributed by atoms with van der Waals surface area (Å²) in [5.41, 5.74) is 4.09. The number of unbranched alkanes of at least 4 members (excludes halogenated alkanes) is 5. The number of benzene rings is 2. The van der Waals surface area contributed by atoms with Gasteiger partial charge in [0, 0.05) is 0 Å². The number of methoxy groups -OCH3 is 1. The van der Waals surface area contributed by atoms with E-state index in [1.807, 2.05) is 0 Å². The van der Waals surface area contributed by atoms with E-state index >= 15 is 0 Å². The van der Waals surface area contributed by atoms with E-state index in [1.54, 1.807) is 11.5 Å². The van der Waals surface area contributed by atoms with Crippen molar-refractivity contribution in [2.45, 2.75) is 51.9 Å². The van der Waals surface area contributed by atoms with Crippen LogP contribution in [0.2, 0.25) is 0 Å².